The first-order chi connectivity index (χ1) is 11.9. The normalized spacial score (nSPS) is 16.3. The van der Waals surface area contributed by atoms with Gasteiger partial charge in [0.2, 0.25) is 0 Å². The lowest BCUT2D eigenvalue weighted by atomic mass is 10.1. The van der Waals surface area contributed by atoms with Crippen LogP contribution in [0, 0.1) is 0 Å². The van der Waals surface area contributed by atoms with Crippen LogP contribution in [0.5, 0.6) is 11.5 Å². The summed E-state index contributed by atoms with van der Waals surface area (Å²) in [5.41, 5.74) is 1.21. The van der Waals surface area contributed by atoms with Gasteiger partial charge in [-0.25, -0.2) is 4.98 Å². The lowest BCUT2D eigenvalue weighted by molar-refractivity contribution is -0.137. The summed E-state index contributed by atoms with van der Waals surface area (Å²) in [6, 6.07) is 6.21. The number of anilines is 1. The molecule has 0 amide bonds. The Kier molecular flexibility index (Phi) is 4.74. The maximum atomic E-state index is 12.6. The van der Waals surface area contributed by atoms with Crippen LogP contribution < -0.4 is 14.8 Å². The zero-order valence-corrected chi connectivity index (χ0v) is 14.0. The first-order valence-corrected chi connectivity index (χ1v) is 8.09. The number of ether oxygens (including phenoxy) is 2. The van der Waals surface area contributed by atoms with E-state index in [9.17, 15) is 13.2 Å². The summed E-state index contributed by atoms with van der Waals surface area (Å²) in [5, 5.41) is 3.03. The Morgan fingerprint density at radius 1 is 1.32 bits per heavy atom. The molecule has 25 heavy (non-hydrogen) atoms. The van der Waals surface area contributed by atoms with Gasteiger partial charge in [-0.1, -0.05) is 0 Å². The monoisotopic (exact) mass is 352 g/mol. The van der Waals surface area contributed by atoms with E-state index in [0.717, 1.165) is 41.3 Å². The molecule has 0 saturated heterocycles. The Hall–Kier alpha value is -2.44. The van der Waals surface area contributed by atoms with Crippen molar-refractivity contribution in [2.75, 3.05) is 11.9 Å². The van der Waals surface area contributed by atoms with Crippen LogP contribution in [0.25, 0.3) is 0 Å². The van der Waals surface area contributed by atoms with E-state index in [1.54, 1.807) is 0 Å². The summed E-state index contributed by atoms with van der Waals surface area (Å²) in [6.07, 6.45) is -2.60. The predicted molar refractivity (Wildman–Crippen MR) is 88.0 cm³/mol. The molecule has 0 aliphatic carbocycles. The van der Waals surface area contributed by atoms with Crippen LogP contribution in [0.3, 0.4) is 0 Å². The third-order valence-electron chi connectivity index (χ3n) is 3.93. The number of nitrogens with zero attached hydrogens (tertiary/aromatic N) is 1. The molecular weight excluding hydrogens is 333 g/mol. The van der Waals surface area contributed by atoms with Crippen LogP contribution in [-0.2, 0) is 19.1 Å². The van der Waals surface area contributed by atoms with E-state index in [-0.39, 0.29) is 6.10 Å². The summed E-state index contributed by atoms with van der Waals surface area (Å²) >= 11 is 0. The average Bonchev–Trinajstić information content (AvgIpc) is 2.91. The van der Waals surface area contributed by atoms with Crippen molar-refractivity contribution in [3.8, 4) is 11.5 Å². The molecular formula is C18H19F3N2O2. The number of alkyl halides is 3. The predicted octanol–water partition coefficient (Wildman–Crippen LogP) is 4.43. The van der Waals surface area contributed by atoms with Crippen LogP contribution in [-0.4, -0.2) is 17.7 Å². The molecule has 1 aliphatic rings. The molecule has 1 aliphatic heterocycles. The number of pyridine rings is 1. The zero-order valence-electron chi connectivity index (χ0n) is 14.0. The minimum absolute atomic E-state index is 0.129. The Bertz CT molecular complexity index is 745. The molecule has 2 aromatic rings. The van der Waals surface area contributed by atoms with E-state index in [2.05, 4.69) is 10.3 Å². The van der Waals surface area contributed by atoms with Crippen LogP contribution in [0.1, 0.15) is 30.5 Å². The highest BCUT2D eigenvalue weighted by atomic mass is 19.4. The molecule has 0 saturated carbocycles. The van der Waals surface area contributed by atoms with Gasteiger partial charge in [0.1, 0.15) is 23.4 Å². The molecule has 7 heteroatoms. The maximum absolute atomic E-state index is 12.6. The number of halogens is 3. The van der Waals surface area contributed by atoms with Gasteiger partial charge < -0.3 is 14.8 Å². The number of fused-ring (bicyclic) bond motifs is 1. The molecule has 1 atom stereocenters. The van der Waals surface area contributed by atoms with Crippen molar-refractivity contribution >= 4 is 5.82 Å². The second kappa shape index (κ2) is 6.82. The summed E-state index contributed by atoms with van der Waals surface area (Å²) in [7, 11) is 0. The summed E-state index contributed by atoms with van der Waals surface area (Å²) in [4.78, 5) is 3.82. The van der Waals surface area contributed by atoms with E-state index < -0.39 is 11.7 Å². The molecule has 1 N–H and O–H groups in total. The molecule has 1 aromatic heterocycles. The van der Waals surface area contributed by atoms with Gasteiger partial charge in [0, 0.05) is 30.3 Å². The van der Waals surface area contributed by atoms with Gasteiger partial charge >= 0.3 is 6.18 Å². The largest absolute Gasteiger partial charge is 0.494 e. The van der Waals surface area contributed by atoms with Gasteiger partial charge in [-0.2, -0.15) is 13.2 Å². The Labute approximate surface area is 144 Å². The molecule has 2 heterocycles. The van der Waals surface area contributed by atoms with E-state index in [1.165, 1.54) is 6.07 Å². The Morgan fingerprint density at radius 3 is 2.76 bits per heavy atom. The van der Waals surface area contributed by atoms with Gasteiger partial charge in [0.15, 0.2) is 0 Å². The number of hydrogen-bond acceptors (Lipinski definition) is 4. The molecule has 0 radical (unpaired) electrons. The summed E-state index contributed by atoms with van der Waals surface area (Å²) in [5.74, 6) is 1.94. The van der Waals surface area contributed by atoms with Crippen LogP contribution in [0.2, 0.25) is 0 Å². The number of benzene rings is 1. The SMILES string of the molecule is CCOc1cc2c(cc1CNc1ccc(C(F)(F)F)cn1)O[C@@H](C)C2. The van der Waals surface area contributed by atoms with Crippen molar-refractivity contribution in [2.45, 2.75) is 39.1 Å². The van der Waals surface area contributed by atoms with Crippen LogP contribution in [0.4, 0.5) is 19.0 Å². The second-order valence-electron chi connectivity index (χ2n) is 5.92. The number of rotatable bonds is 5. The number of hydrogen-bond donors (Lipinski definition) is 1. The highest BCUT2D eigenvalue weighted by Crippen LogP contribution is 2.35. The molecule has 1 aromatic carbocycles. The number of aromatic nitrogens is 1. The minimum atomic E-state index is -4.39. The highest BCUT2D eigenvalue weighted by molar-refractivity contribution is 5.50. The second-order valence-corrected chi connectivity index (χ2v) is 5.92. The molecule has 4 nitrogen and oxygen atoms in total. The highest BCUT2D eigenvalue weighted by Gasteiger charge is 2.30. The van der Waals surface area contributed by atoms with Gasteiger partial charge in [-0.3, -0.25) is 0 Å². The summed E-state index contributed by atoms with van der Waals surface area (Å²) in [6.45, 7) is 4.81. The quantitative estimate of drug-likeness (QED) is 0.864. The van der Waals surface area contributed by atoms with Crippen molar-refractivity contribution in [1.29, 1.82) is 0 Å². The maximum Gasteiger partial charge on any atom is 0.417 e. The van der Waals surface area contributed by atoms with Gasteiger partial charge in [-0.05, 0) is 38.1 Å². The third-order valence-corrected chi connectivity index (χ3v) is 3.93. The van der Waals surface area contributed by atoms with Crippen molar-refractivity contribution in [3.05, 3.63) is 47.2 Å². The molecule has 134 valence electrons. The first kappa shape index (κ1) is 17.4. The lowest BCUT2D eigenvalue weighted by Crippen LogP contribution is -2.08. The number of nitrogens with one attached hydrogen (secondary N) is 1. The van der Waals surface area contributed by atoms with Crippen molar-refractivity contribution in [3.63, 3.8) is 0 Å². The lowest BCUT2D eigenvalue weighted by Gasteiger charge is -2.14. The first-order valence-electron chi connectivity index (χ1n) is 8.09. The van der Waals surface area contributed by atoms with Crippen molar-refractivity contribution in [2.24, 2.45) is 0 Å². The third kappa shape index (κ3) is 3.97. The fourth-order valence-corrected chi connectivity index (χ4v) is 2.76. The van der Waals surface area contributed by atoms with E-state index in [4.69, 9.17) is 9.47 Å². The van der Waals surface area contributed by atoms with Gasteiger partial charge in [0.25, 0.3) is 0 Å². The van der Waals surface area contributed by atoms with E-state index in [1.807, 2.05) is 26.0 Å². The Balaban J connectivity index is 1.75. The van der Waals surface area contributed by atoms with Crippen molar-refractivity contribution in [1.82, 2.24) is 4.98 Å². The average molecular weight is 352 g/mol. The van der Waals surface area contributed by atoms with Gasteiger partial charge in [-0.15, -0.1) is 0 Å². The fourth-order valence-electron chi connectivity index (χ4n) is 2.76. The molecule has 0 bridgehead atoms. The zero-order chi connectivity index (χ0) is 18.0. The molecule has 3 rings (SSSR count). The van der Waals surface area contributed by atoms with E-state index in [0.29, 0.717) is 19.0 Å². The van der Waals surface area contributed by atoms with E-state index >= 15 is 0 Å². The molecule has 0 fully saturated rings. The van der Waals surface area contributed by atoms with Crippen LogP contribution in [0.15, 0.2) is 30.5 Å². The molecule has 0 unspecified atom stereocenters. The van der Waals surface area contributed by atoms with Crippen molar-refractivity contribution < 1.29 is 22.6 Å². The Morgan fingerprint density at radius 2 is 2.12 bits per heavy atom. The van der Waals surface area contributed by atoms with Gasteiger partial charge in [0.05, 0.1) is 12.2 Å². The topological polar surface area (TPSA) is 43.4 Å². The van der Waals surface area contributed by atoms with Crippen LogP contribution >= 0.6 is 0 Å². The smallest absolute Gasteiger partial charge is 0.417 e. The fraction of sp³-hybridized carbons (Fsp3) is 0.389. The standard InChI is InChI=1S/C18H19F3N2O2/c1-3-24-15-7-12-6-11(2)25-16(12)8-13(15)9-22-17-5-4-14(10-23-17)18(19,20)21/h4-5,7-8,10-11H,3,6,9H2,1-2H3,(H,22,23)/t11-/m0/s1. The molecule has 0 spiro atoms. The minimum Gasteiger partial charge on any atom is -0.494 e. The summed E-state index contributed by atoms with van der Waals surface area (Å²) < 4.78 is 49.2.